The molecule has 0 spiro atoms. The van der Waals surface area contributed by atoms with Crippen molar-refractivity contribution in [3.8, 4) is 0 Å². The van der Waals surface area contributed by atoms with Crippen LogP contribution < -0.4 is 11.1 Å². The van der Waals surface area contributed by atoms with E-state index in [1.54, 1.807) is 0 Å². The second kappa shape index (κ2) is 15.9. The Balaban J connectivity index is 0. The van der Waals surface area contributed by atoms with Gasteiger partial charge in [-0.25, -0.2) is 0 Å². The number of nitrogens with one attached hydrogen (secondary N) is 1. The van der Waals surface area contributed by atoms with Crippen LogP contribution >= 0.6 is 0 Å². The molecule has 0 aliphatic heterocycles. The van der Waals surface area contributed by atoms with Gasteiger partial charge in [0.25, 0.3) is 0 Å². The van der Waals surface area contributed by atoms with Gasteiger partial charge in [-0.2, -0.15) is 0 Å². The molecule has 0 heterocycles. The molecule has 3 nitrogen and oxygen atoms in total. The summed E-state index contributed by atoms with van der Waals surface area (Å²) in [5.74, 6) is 0. The molecule has 0 aliphatic rings. The van der Waals surface area contributed by atoms with Crippen LogP contribution in [0, 0.1) is 0 Å². The molecule has 0 amide bonds. The molecule has 3 N–H and O–H groups in total. The predicted octanol–water partition coefficient (Wildman–Crippen LogP) is 0.207. The Morgan fingerprint density at radius 1 is 1.30 bits per heavy atom. The molecule has 0 saturated carbocycles. The smallest absolute Gasteiger partial charge is 0.0437 e. The molecule has 0 atom stereocenters. The molecule has 0 bridgehead atoms. The minimum absolute atomic E-state index is 0.733. The van der Waals surface area contributed by atoms with Gasteiger partial charge in [0.1, 0.15) is 0 Å². The molecule has 0 aromatic heterocycles. The highest BCUT2D eigenvalue weighted by Gasteiger charge is 1.64. The Morgan fingerprint density at radius 3 is 1.80 bits per heavy atom. The molecule has 0 radical (unpaired) electrons. The maximum absolute atomic E-state index is 5.08. The SMILES string of the molecule is CCOCC.CNCCN. The van der Waals surface area contributed by atoms with E-state index in [1.165, 1.54) is 0 Å². The van der Waals surface area contributed by atoms with Crippen LogP contribution in [0.5, 0.6) is 0 Å². The molecular weight excluding hydrogens is 128 g/mol. The van der Waals surface area contributed by atoms with E-state index < -0.39 is 0 Å². The Labute approximate surface area is 63.9 Å². The third-order valence-corrected chi connectivity index (χ3v) is 0.803. The summed E-state index contributed by atoms with van der Waals surface area (Å²) in [6.45, 7) is 7.32. The van der Waals surface area contributed by atoms with Crippen LogP contribution in [0.1, 0.15) is 13.8 Å². The van der Waals surface area contributed by atoms with Gasteiger partial charge in [-0.3, -0.25) is 0 Å². The zero-order chi connectivity index (χ0) is 8.24. The van der Waals surface area contributed by atoms with Gasteiger partial charge in [0.15, 0.2) is 0 Å². The highest BCUT2D eigenvalue weighted by atomic mass is 16.5. The second-order valence-corrected chi connectivity index (χ2v) is 1.67. The van der Waals surface area contributed by atoms with Crippen LogP contribution in [0.15, 0.2) is 0 Å². The summed E-state index contributed by atoms with van der Waals surface area (Å²) in [5, 5.41) is 2.89. The maximum atomic E-state index is 5.08. The van der Waals surface area contributed by atoms with Crippen LogP contribution in [0.4, 0.5) is 0 Å². The van der Waals surface area contributed by atoms with E-state index >= 15 is 0 Å². The topological polar surface area (TPSA) is 47.3 Å². The van der Waals surface area contributed by atoms with Gasteiger partial charge in [-0.05, 0) is 20.9 Å². The molecule has 3 heteroatoms. The lowest BCUT2D eigenvalue weighted by molar-refractivity contribution is 0.162. The van der Waals surface area contributed by atoms with Crippen molar-refractivity contribution in [2.75, 3.05) is 33.4 Å². The quantitative estimate of drug-likeness (QED) is 0.599. The number of ether oxygens (including phenoxy) is 1. The minimum Gasteiger partial charge on any atom is -0.382 e. The fourth-order valence-corrected chi connectivity index (χ4v) is 0.348. The monoisotopic (exact) mass is 148 g/mol. The molecule has 64 valence electrons. The van der Waals surface area contributed by atoms with E-state index in [1.807, 2.05) is 20.9 Å². The third-order valence-electron chi connectivity index (χ3n) is 0.803. The van der Waals surface area contributed by atoms with Crippen molar-refractivity contribution in [3.63, 3.8) is 0 Å². The Bertz CT molecular complexity index is 32.6. The fourth-order valence-electron chi connectivity index (χ4n) is 0.348. The van der Waals surface area contributed by atoms with Crippen molar-refractivity contribution in [1.82, 2.24) is 5.32 Å². The largest absolute Gasteiger partial charge is 0.382 e. The first-order chi connectivity index (χ1) is 4.83. The van der Waals surface area contributed by atoms with Crippen LogP contribution in [0.3, 0.4) is 0 Å². The Morgan fingerprint density at radius 2 is 1.80 bits per heavy atom. The van der Waals surface area contributed by atoms with Crippen LogP contribution in [-0.2, 0) is 4.74 Å². The molecule has 0 saturated heterocycles. The first-order valence-corrected chi connectivity index (χ1v) is 3.75. The number of hydrogen-bond donors (Lipinski definition) is 2. The highest BCUT2D eigenvalue weighted by molar-refractivity contribution is 4.33. The zero-order valence-corrected chi connectivity index (χ0v) is 7.31. The molecule has 0 aliphatic carbocycles. The van der Waals surface area contributed by atoms with Gasteiger partial charge < -0.3 is 15.8 Å². The molecular formula is C7H20N2O. The summed E-state index contributed by atoms with van der Waals surface area (Å²) in [6.07, 6.45) is 0. The summed E-state index contributed by atoms with van der Waals surface area (Å²) in [4.78, 5) is 0. The van der Waals surface area contributed by atoms with Gasteiger partial charge in [-0.1, -0.05) is 0 Å². The number of rotatable bonds is 4. The lowest BCUT2D eigenvalue weighted by atomic mass is 10.7. The van der Waals surface area contributed by atoms with E-state index in [0.717, 1.165) is 26.3 Å². The molecule has 0 aromatic rings. The van der Waals surface area contributed by atoms with Gasteiger partial charge in [0, 0.05) is 26.3 Å². The van der Waals surface area contributed by atoms with Gasteiger partial charge in [-0.15, -0.1) is 0 Å². The van der Waals surface area contributed by atoms with E-state index in [-0.39, 0.29) is 0 Å². The van der Waals surface area contributed by atoms with E-state index in [0.29, 0.717) is 0 Å². The summed E-state index contributed by atoms with van der Waals surface area (Å²) >= 11 is 0. The van der Waals surface area contributed by atoms with Crippen molar-refractivity contribution < 1.29 is 4.74 Å². The number of hydrogen-bond acceptors (Lipinski definition) is 3. The summed E-state index contributed by atoms with van der Waals surface area (Å²) < 4.78 is 4.83. The molecule has 0 rings (SSSR count). The Hall–Kier alpha value is -0.120. The maximum Gasteiger partial charge on any atom is 0.0437 e. The normalized spacial score (nSPS) is 8.40. The second-order valence-electron chi connectivity index (χ2n) is 1.67. The molecule has 0 aromatic carbocycles. The first kappa shape index (κ1) is 12.5. The zero-order valence-electron chi connectivity index (χ0n) is 7.31. The summed E-state index contributed by atoms with van der Waals surface area (Å²) in [5.41, 5.74) is 5.08. The van der Waals surface area contributed by atoms with Crippen molar-refractivity contribution >= 4 is 0 Å². The number of likely N-dealkylation sites (N-methyl/N-ethyl adjacent to an activating group) is 1. The predicted molar refractivity (Wildman–Crippen MR) is 45.1 cm³/mol. The van der Waals surface area contributed by atoms with E-state index in [4.69, 9.17) is 10.5 Å². The Kier molecular flexibility index (Phi) is 20.0. The van der Waals surface area contributed by atoms with E-state index in [2.05, 4.69) is 5.32 Å². The average Bonchev–Trinajstić information content (AvgIpc) is 1.93. The van der Waals surface area contributed by atoms with Crippen molar-refractivity contribution in [3.05, 3.63) is 0 Å². The van der Waals surface area contributed by atoms with Gasteiger partial charge in [0.2, 0.25) is 0 Å². The van der Waals surface area contributed by atoms with E-state index in [9.17, 15) is 0 Å². The lowest BCUT2D eigenvalue weighted by Crippen LogP contribution is -2.17. The first-order valence-electron chi connectivity index (χ1n) is 3.75. The lowest BCUT2D eigenvalue weighted by Gasteiger charge is -1.86. The van der Waals surface area contributed by atoms with Crippen LogP contribution in [-0.4, -0.2) is 33.4 Å². The summed E-state index contributed by atoms with van der Waals surface area (Å²) in [6, 6.07) is 0. The van der Waals surface area contributed by atoms with Crippen molar-refractivity contribution in [2.45, 2.75) is 13.8 Å². The van der Waals surface area contributed by atoms with Crippen LogP contribution in [0.25, 0.3) is 0 Å². The third kappa shape index (κ3) is 24.8. The minimum atomic E-state index is 0.733. The fraction of sp³-hybridized carbons (Fsp3) is 1.00. The van der Waals surface area contributed by atoms with Gasteiger partial charge >= 0.3 is 0 Å². The van der Waals surface area contributed by atoms with Gasteiger partial charge in [0.05, 0.1) is 0 Å². The molecule has 0 fully saturated rings. The molecule has 10 heavy (non-hydrogen) atoms. The average molecular weight is 148 g/mol. The number of nitrogens with two attached hydrogens (primary N) is 1. The van der Waals surface area contributed by atoms with Crippen molar-refractivity contribution in [2.24, 2.45) is 5.73 Å². The summed E-state index contributed by atoms with van der Waals surface area (Å²) in [7, 11) is 1.88. The van der Waals surface area contributed by atoms with Crippen LogP contribution in [0.2, 0.25) is 0 Å². The van der Waals surface area contributed by atoms with Crippen molar-refractivity contribution in [1.29, 1.82) is 0 Å². The molecule has 0 unspecified atom stereocenters. The highest BCUT2D eigenvalue weighted by Crippen LogP contribution is 1.64. The standard InChI is InChI=1S/C4H10O.C3H10N2/c1-3-5-4-2;1-5-3-2-4/h3-4H2,1-2H3;5H,2-4H2,1H3.